The Kier molecular flexibility index (Phi) is 1310. The molecule has 0 bridgehead atoms. The normalized spacial score (nSPS) is 2.67. The first kappa shape index (κ1) is 31.7. The summed E-state index contributed by atoms with van der Waals surface area (Å²) in [5.74, 6) is 1.88. The summed E-state index contributed by atoms with van der Waals surface area (Å²) in [4.78, 5) is 0. The molecule has 5 radical (unpaired) electrons. The van der Waals surface area contributed by atoms with Crippen molar-refractivity contribution in [1.29, 1.82) is 0 Å². The Morgan fingerprint density at radius 2 is 0.556 bits per heavy atom. The summed E-state index contributed by atoms with van der Waals surface area (Å²) in [7, 11) is 0. The summed E-state index contributed by atoms with van der Waals surface area (Å²) < 4.78 is 0. The van der Waals surface area contributed by atoms with Crippen LogP contribution in [0, 0.1) is 0 Å². The van der Waals surface area contributed by atoms with Crippen molar-refractivity contribution in [2.75, 3.05) is 0 Å². The molecule has 2 heteroatoms. The van der Waals surface area contributed by atoms with Crippen LogP contribution in [-0.4, -0.2) is 39.9 Å². The number of hydrogen-bond acceptors (Lipinski definition) is 0. The molecule has 0 amide bonds. The molecule has 0 rings (SSSR count). The average Bonchev–Trinajstić information content (AvgIpc) is 2.03. The second kappa shape index (κ2) is 371. The van der Waals surface area contributed by atoms with Crippen molar-refractivity contribution in [3.05, 3.63) is 0 Å². The van der Waals surface area contributed by atoms with Crippen LogP contribution in [0.3, 0.4) is 0 Å². The maximum absolute atomic E-state index is 2.62. The molecule has 0 atom stereocenters. The van der Waals surface area contributed by atoms with Gasteiger partial charge in [0.05, 0.1) is 0 Å². The van der Waals surface area contributed by atoms with Crippen molar-refractivity contribution in [2.45, 2.75) is 47.4 Å². The third kappa shape index (κ3) is 287. The smallest absolute Gasteiger partial charge is 0 e. The molecule has 0 heterocycles. The molecule has 0 N–H and O–H groups in total. The fourth-order valence-electron chi connectivity index (χ4n) is 0. The molecule has 0 aliphatic heterocycles. The standard InChI is InChI=1S/3C2H6.CH3Se.Sn/c4*1-2;/h3*1-2H3;1H3;. The minimum atomic E-state index is 0. The van der Waals surface area contributed by atoms with Crippen LogP contribution in [-0.2, 0) is 0 Å². The Hall–Kier alpha value is 1.32. The van der Waals surface area contributed by atoms with Gasteiger partial charge in [-0.3, -0.25) is 0 Å². The predicted molar refractivity (Wildman–Crippen MR) is 51.4 cm³/mol. The Bertz CT molecular complexity index is 8.88. The molecule has 0 aromatic carbocycles. The second-order valence-electron chi connectivity index (χ2n) is 0. The van der Waals surface area contributed by atoms with Crippen LogP contribution in [0.2, 0.25) is 5.82 Å². The van der Waals surface area contributed by atoms with Gasteiger partial charge in [-0.25, -0.2) is 0 Å². The van der Waals surface area contributed by atoms with Crippen LogP contribution < -0.4 is 0 Å². The van der Waals surface area contributed by atoms with Crippen LogP contribution in [0.1, 0.15) is 41.5 Å². The van der Waals surface area contributed by atoms with Crippen LogP contribution >= 0.6 is 0 Å². The van der Waals surface area contributed by atoms with E-state index in [4.69, 9.17) is 0 Å². The minimum Gasteiger partial charge on any atom is 0 e. The molecule has 0 saturated heterocycles. The fraction of sp³-hybridized carbons (Fsp3) is 1.00. The van der Waals surface area contributed by atoms with Gasteiger partial charge in [-0.2, -0.15) is 0 Å². The van der Waals surface area contributed by atoms with E-state index in [-0.39, 0.29) is 23.9 Å². The Morgan fingerprint density at radius 1 is 0.556 bits per heavy atom. The molecule has 59 valence electrons. The maximum Gasteiger partial charge on any atom is 0 e. The van der Waals surface area contributed by atoms with Gasteiger partial charge < -0.3 is 0 Å². The Morgan fingerprint density at radius 3 is 0.556 bits per heavy atom. The van der Waals surface area contributed by atoms with E-state index in [1.165, 1.54) is 0 Å². The summed E-state index contributed by atoms with van der Waals surface area (Å²) in [6, 6.07) is 0. The molecule has 0 unspecified atom stereocenters. The van der Waals surface area contributed by atoms with E-state index in [2.05, 4.69) is 16.0 Å². The third-order valence-corrected chi connectivity index (χ3v) is 0. The molecule has 0 spiro atoms. The molecule has 0 aromatic rings. The Labute approximate surface area is 87.0 Å². The summed E-state index contributed by atoms with van der Waals surface area (Å²) >= 11 is 2.62. The molecular formula is C7H21SeSn. The quantitative estimate of drug-likeness (QED) is 0.604. The van der Waals surface area contributed by atoms with E-state index < -0.39 is 0 Å². The van der Waals surface area contributed by atoms with Crippen LogP contribution in [0.15, 0.2) is 0 Å². The SMILES string of the molecule is CC.CC.CC.C[Se].[Sn]. The van der Waals surface area contributed by atoms with Crippen molar-refractivity contribution in [3.8, 4) is 0 Å². The molecular weight excluding hydrogens is 282 g/mol. The van der Waals surface area contributed by atoms with E-state index in [0.29, 0.717) is 0 Å². The first-order valence-electron chi connectivity index (χ1n) is 3.41. The summed E-state index contributed by atoms with van der Waals surface area (Å²) in [5, 5.41) is 0. The molecule has 0 saturated carbocycles. The zero-order valence-corrected chi connectivity index (χ0v) is 12.5. The largest absolute Gasteiger partial charge is 0 e. The van der Waals surface area contributed by atoms with Gasteiger partial charge in [-0.05, 0) is 0 Å². The molecule has 0 nitrogen and oxygen atoms in total. The van der Waals surface area contributed by atoms with Crippen molar-refractivity contribution in [2.24, 2.45) is 0 Å². The first-order valence-corrected chi connectivity index (χ1v) is 5.12. The average molecular weight is 303 g/mol. The van der Waals surface area contributed by atoms with E-state index in [1.807, 2.05) is 47.4 Å². The predicted octanol–water partition coefficient (Wildman–Crippen LogP) is 2.90. The molecule has 0 aliphatic carbocycles. The fourth-order valence-corrected chi connectivity index (χ4v) is 0. The number of rotatable bonds is 0. The summed E-state index contributed by atoms with van der Waals surface area (Å²) in [6.07, 6.45) is 0. The summed E-state index contributed by atoms with van der Waals surface area (Å²) in [6.45, 7) is 12.0. The zero-order chi connectivity index (χ0) is 8.00. The van der Waals surface area contributed by atoms with Crippen LogP contribution in [0.5, 0.6) is 0 Å². The summed E-state index contributed by atoms with van der Waals surface area (Å²) in [5.41, 5.74) is 0. The van der Waals surface area contributed by atoms with Crippen LogP contribution in [0.25, 0.3) is 0 Å². The third-order valence-electron chi connectivity index (χ3n) is 0. The Balaban J connectivity index is -0.00000000762. The first-order chi connectivity index (χ1) is 4.00. The molecule has 9 heavy (non-hydrogen) atoms. The molecule has 0 aromatic heterocycles. The van der Waals surface area contributed by atoms with Gasteiger partial charge in [-0.15, -0.1) is 0 Å². The van der Waals surface area contributed by atoms with E-state index in [9.17, 15) is 0 Å². The van der Waals surface area contributed by atoms with E-state index in [1.54, 1.807) is 0 Å². The topological polar surface area (TPSA) is 0 Å². The van der Waals surface area contributed by atoms with Crippen molar-refractivity contribution in [1.82, 2.24) is 0 Å². The van der Waals surface area contributed by atoms with Gasteiger partial charge >= 0.3 is 21.8 Å². The van der Waals surface area contributed by atoms with Gasteiger partial charge in [0.2, 0.25) is 0 Å². The van der Waals surface area contributed by atoms with E-state index >= 15 is 0 Å². The van der Waals surface area contributed by atoms with Gasteiger partial charge in [0, 0.05) is 23.9 Å². The molecule has 0 aliphatic rings. The minimum absolute atomic E-state index is 0. The zero-order valence-electron chi connectivity index (χ0n) is 7.91. The monoisotopic (exact) mass is 305 g/mol. The van der Waals surface area contributed by atoms with Gasteiger partial charge in [-0.1, -0.05) is 41.5 Å². The van der Waals surface area contributed by atoms with Gasteiger partial charge in [0.25, 0.3) is 0 Å². The van der Waals surface area contributed by atoms with E-state index in [0.717, 1.165) is 0 Å². The van der Waals surface area contributed by atoms with Crippen molar-refractivity contribution in [3.63, 3.8) is 0 Å². The molecule has 0 fully saturated rings. The maximum atomic E-state index is 2.62. The van der Waals surface area contributed by atoms with Crippen LogP contribution in [0.4, 0.5) is 0 Å². The van der Waals surface area contributed by atoms with Gasteiger partial charge in [0.15, 0.2) is 0 Å². The van der Waals surface area contributed by atoms with Gasteiger partial charge in [0.1, 0.15) is 0 Å². The van der Waals surface area contributed by atoms with Crippen molar-refractivity contribution >= 4 is 39.9 Å². The van der Waals surface area contributed by atoms with Crippen molar-refractivity contribution < 1.29 is 0 Å². The number of hydrogen-bond donors (Lipinski definition) is 0. The second-order valence-corrected chi connectivity index (χ2v) is 0.